The summed E-state index contributed by atoms with van der Waals surface area (Å²) in [6.07, 6.45) is 0. The third-order valence-electron chi connectivity index (χ3n) is 3.23. The quantitative estimate of drug-likeness (QED) is 0.800. The molecule has 0 aromatic heterocycles. The molecule has 0 fully saturated rings. The topological polar surface area (TPSA) is 74.6 Å². The average molecular weight is 339 g/mol. The van der Waals surface area contributed by atoms with E-state index in [9.17, 15) is 19.8 Å². The van der Waals surface area contributed by atoms with Crippen molar-refractivity contribution in [3.05, 3.63) is 58.7 Å². The molecule has 6 heteroatoms. The summed E-state index contributed by atoms with van der Waals surface area (Å²) in [5.41, 5.74) is 1.99. The maximum atomic E-state index is 11.5. The largest absolute Gasteiger partial charge is 0.478 e. The molecule has 22 heavy (non-hydrogen) atoms. The number of benzene rings is 2. The van der Waals surface area contributed by atoms with Crippen molar-refractivity contribution in [2.45, 2.75) is 11.8 Å². The van der Waals surface area contributed by atoms with Crippen LogP contribution in [0.15, 0.2) is 36.4 Å². The van der Waals surface area contributed by atoms with Gasteiger partial charge in [-0.05, 0) is 34.4 Å². The van der Waals surface area contributed by atoms with E-state index in [2.05, 4.69) is 0 Å². The van der Waals surface area contributed by atoms with Crippen molar-refractivity contribution in [1.82, 2.24) is 0 Å². The SMILES string of the molecule is O=C(O)c1cc(CCl)ccc1-c1ccc(CCl)cc1C(=O)O. The van der Waals surface area contributed by atoms with Crippen LogP contribution in [0.25, 0.3) is 11.1 Å². The number of hydrogen-bond donors (Lipinski definition) is 2. The molecule has 0 heterocycles. The minimum absolute atomic E-state index is 0.0132. The Labute approximate surface area is 136 Å². The van der Waals surface area contributed by atoms with Gasteiger partial charge in [0.15, 0.2) is 0 Å². The Bertz CT molecular complexity index is 677. The van der Waals surface area contributed by atoms with Crippen LogP contribution < -0.4 is 0 Å². The lowest BCUT2D eigenvalue weighted by atomic mass is 9.93. The fourth-order valence-electron chi connectivity index (χ4n) is 2.17. The van der Waals surface area contributed by atoms with Gasteiger partial charge in [-0.1, -0.05) is 24.3 Å². The fourth-order valence-corrected chi connectivity index (χ4v) is 2.51. The van der Waals surface area contributed by atoms with Gasteiger partial charge in [0.25, 0.3) is 0 Å². The van der Waals surface area contributed by atoms with Gasteiger partial charge in [-0.3, -0.25) is 0 Å². The van der Waals surface area contributed by atoms with E-state index < -0.39 is 11.9 Å². The molecule has 0 radical (unpaired) electrons. The zero-order valence-electron chi connectivity index (χ0n) is 11.3. The highest BCUT2D eigenvalue weighted by Gasteiger charge is 2.18. The Morgan fingerprint density at radius 2 is 1.14 bits per heavy atom. The first-order chi connectivity index (χ1) is 10.5. The van der Waals surface area contributed by atoms with Crippen molar-refractivity contribution in [2.24, 2.45) is 0 Å². The van der Waals surface area contributed by atoms with Gasteiger partial charge in [-0.25, -0.2) is 9.59 Å². The number of carboxylic acid groups (broad SMARTS) is 2. The first-order valence-corrected chi connectivity index (χ1v) is 7.39. The standard InChI is InChI=1S/C16H12Cl2O4/c17-7-9-1-3-11(13(5-9)15(19)20)12-4-2-10(8-18)6-14(12)16(21)22/h1-6H,7-8H2,(H,19,20)(H,21,22). The Balaban J connectivity index is 2.70. The summed E-state index contributed by atoms with van der Waals surface area (Å²) in [5, 5.41) is 18.7. The van der Waals surface area contributed by atoms with Crippen LogP contribution in [0.3, 0.4) is 0 Å². The van der Waals surface area contributed by atoms with Crippen molar-refractivity contribution >= 4 is 35.1 Å². The maximum Gasteiger partial charge on any atom is 0.336 e. The number of rotatable bonds is 5. The van der Waals surface area contributed by atoms with Crippen molar-refractivity contribution in [2.75, 3.05) is 0 Å². The summed E-state index contributed by atoms with van der Waals surface area (Å²) in [6.45, 7) is 0. The third-order valence-corrected chi connectivity index (χ3v) is 3.84. The molecule has 0 spiro atoms. The van der Waals surface area contributed by atoms with Crippen LogP contribution >= 0.6 is 23.2 Å². The first kappa shape index (κ1) is 16.3. The molecule has 0 unspecified atom stereocenters. The molecule has 0 saturated heterocycles. The zero-order valence-corrected chi connectivity index (χ0v) is 12.9. The van der Waals surface area contributed by atoms with E-state index >= 15 is 0 Å². The normalized spacial score (nSPS) is 10.5. The van der Waals surface area contributed by atoms with Gasteiger partial charge >= 0.3 is 11.9 Å². The molecule has 0 aliphatic carbocycles. The fraction of sp³-hybridized carbons (Fsp3) is 0.125. The van der Waals surface area contributed by atoms with Crippen molar-refractivity contribution in [3.8, 4) is 11.1 Å². The molecule has 0 aliphatic rings. The van der Waals surface area contributed by atoms with E-state index in [4.69, 9.17) is 23.2 Å². The average Bonchev–Trinajstić information content (AvgIpc) is 2.53. The van der Waals surface area contributed by atoms with Crippen molar-refractivity contribution in [3.63, 3.8) is 0 Å². The summed E-state index contributed by atoms with van der Waals surface area (Å²) in [7, 11) is 0. The number of aromatic carboxylic acids is 2. The predicted molar refractivity (Wildman–Crippen MR) is 84.9 cm³/mol. The molecule has 4 nitrogen and oxygen atoms in total. The summed E-state index contributed by atoms with van der Waals surface area (Å²) < 4.78 is 0. The van der Waals surface area contributed by atoms with Gasteiger partial charge < -0.3 is 10.2 Å². The summed E-state index contributed by atoms with van der Waals surface area (Å²) >= 11 is 11.4. The molecule has 0 aliphatic heterocycles. The maximum absolute atomic E-state index is 11.5. The smallest absolute Gasteiger partial charge is 0.336 e. The molecular weight excluding hydrogens is 327 g/mol. The lowest BCUT2D eigenvalue weighted by Crippen LogP contribution is -2.05. The summed E-state index contributed by atoms with van der Waals surface area (Å²) in [6, 6.07) is 9.40. The second-order valence-corrected chi connectivity index (χ2v) is 5.17. The summed E-state index contributed by atoms with van der Waals surface area (Å²) in [4.78, 5) is 22.9. The molecule has 114 valence electrons. The van der Waals surface area contributed by atoms with Gasteiger partial charge in [-0.15, -0.1) is 23.2 Å². The molecule has 0 amide bonds. The van der Waals surface area contributed by atoms with Gasteiger partial charge in [0, 0.05) is 11.8 Å². The van der Waals surface area contributed by atoms with Gasteiger partial charge in [0.1, 0.15) is 0 Å². The highest BCUT2D eigenvalue weighted by molar-refractivity contribution is 6.17. The highest BCUT2D eigenvalue weighted by atomic mass is 35.5. The van der Waals surface area contributed by atoms with E-state index in [0.717, 1.165) is 0 Å². The molecule has 2 aromatic carbocycles. The second-order valence-electron chi connectivity index (χ2n) is 4.64. The van der Waals surface area contributed by atoms with Crippen LogP contribution in [0.1, 0.15) is 31.8 Å². The van der Waals surface area contributed by atoms with Crippen LogP contribution in [0, 0.1) is 0 Å². The number of hydrogen-bond acceptors (Lipinski definition) is 2. The molecule has 0 saturated carbocycles. The Kier molecular flexibility index (Phi) is 5.06. The van der Waals surface area contributed by atoms with Crippen LogP contribution in [-0.4, -0.2) is 22.2 Å². The number of carbonyl (C=O) groups is 2. The van der Waals surface area contributed by atoms with Crippen molar-refractivity contribution < 1.29 is 19.8 Å². The highest BCUT2D eigenvalue weighted by Crippen LogP contribution is 2.30. The molecule has 2 N–H and O–H groups in total. The molecule has 0 bridgehead atoms. The molecule has 0 atom stereocenters. The Hall–Kier alpha value is -2.04. The lowest BCUT2D eigenvalue weighted by molar-refractivity contribution is 0.0684. The Morgan fingerprint density at radius 3 is 1.41 bits per heavy atom. The monoisotopic (exact) mass is 338 g/mol. The molecule has 2 aromatic rings. The number of carboxylic acids is 2. The van der Waals surface area contributed by atoms with Crippen LogP contribution in [0.5, 0.6) is 0 Å². The predicted octanol–water partition coefficient (Wildman–Crippen LogP) is 4.23. The molecular formula is C16H12Cl2O4. The molecule has 2 rings (SSSR count). The minimum Gasteiger partial charge on any atom is -0.478 e. The van der Waals surface area contributed by atoms with Gasteiger partial charge in [0.2, 0.25) is 0 Å². The van der Waals surface area contributed by atoms with Crippen LogP contribution in [-0.2, 0) is 11.8 Å². The lowest BCUT2D eigenvalue weighted by Gasteiger charge is -2.12. The zero-order chi connectivity index (χ0) is 16.3. The van der Waals surface area contributed by atoms with Gasteiger partial charge in [-0.2, -0.15) is 0 Å². The van der Waals surface area contributed by atoms with Crippen LogP contribution in [0.4, 0.5) is 0 Å². The van der Waals surface area contributed by atoms with E-state index in [1.54, 1.807) is 24.3 Å². The van der Waals surface area contributed by atoms with Crippen molar-refractivity contribution in [1.29, 1.82) is 0 Å². The van der Waals surface area contributed by atoms with E-state index in [1.165, 1.54) is 12.1 Å². The number of halogens is 2. The second kappa shape index (κ2) is 6.81. The third kappa shape index (κ3) is 3.24. The minimum atomic E-state index is -1.14. The van der Waals surface area contributed by atoms with Crippen LogP contribution in [0.2, 0.25) is 0 Å². The summed E-state index contributed by atoms with van der Waals surface area (Å²) in [5.74, 6) is -1.92. The van der Waals surface area contributed by atoms with E-state index in [-0.39, 0.29) is 22.9 Å². The van der Waals surface area contributed by atoms with E-state index in [1.807, 2.05) is 0 Å². The van der Waals surface area contributed by atoms with Gasteiger partial charge in [0.05, 0.1) is 11.1 Å². The first-order valence-electron chi connectivity index (χ1n) is 6.32. The number of alkyl halides is 2. The Morgan fingerprint density at radius 1 is 0.773 bits per heavy atom. The van der Waals surface area contributed by atoms with E-state index in [0.29, 0.717) is 22.3 Å².